The predicted octanol–water partition coefficient (Wildman–Crippen LogP) is 5.58. The summed E-state index contributed by atoms with van der Waals surface area (Å²) < 4.78 is 1.44. The van der Waals surface area contributed by atoms with E-state index in [1.807, 2.05) is 57.2 Å². The highest BCUT2D eigenvalue weighted by Gasteiger charge is 2.22. The van der Waals surface area contributed by atoms with Crippen molar-refractivity contribution in [3.05, 3.63) is 62.0 Å². The monoisotopic (exact) mass is 437 g/mol. The topological polar surface area (TPSA) is 49.3 Å². The van der Waals surface area contributed by atoms with Crippen molar-refractivity contribution in [1.29, 1.82) is 0 Å². The Morgan fingerprint density at radius 2 is 1.65 bits per heavy atom. The van der Waals surface area contributed by atoms with Crippen LogP contribution in [-0.4, -0.2) is 11.0 Å². The molecule has 3 rings (SSSR count). The van der Waals surface area contributed by atoms with Gasteiger partial charge in [-0.25, -0.2) is 0 Å². The number of amides is 1. The zero-order valence-electron chi connectivity index (χ0n) is 13.1. The minimum atomic E-state index is 0.00287. The molecule has 1 aliphatic heterocycles. The number of phenolic OH excluding ortho intramolecular Hbond substituents is 1. The van der Waals surface area contributed by atoms with Crippen LogP contribution in [0.4, 0.5) is 5.69 Å². The molecule has 0 atom stereocenters. The van der Waals surface area contributed by atoms with Gasteiger partial charge in [0, 0.05) is 16.8 Å². The number of benzene rings is 2. The second-order valence-electron chi connectivity index (χ2n) is 5.28. The van der Waals surface area contributed by atoms with E-state index in [0.29, 0.717) is 0 Å². The lowest BCUT2D eigenvalue weighted by Gasteiger charge is -2.00. The molecule has 0 fully saturated rings. The molecule has 1 heterocycles. The van der Waals surface area contributed by atoms with Crippen molar-refractivity contribution < 1.29 is 9.90 Å². The van der Waals surface area contributed by atoms with Crippen molar-refractivity contribution in [2.45, 2.75) is 20.8 Å². The Balaban J connectivity index is 0.000000174. The van der Waals surface area contributed by atoms with Gasteiger partial charge >= 0.3 is 0 Å². The van der Waals surface area contributed by atoms with Crippen molar-refractivity contribution >= 4 is 49.0 Å². The SMILES string of the molecule is C/C=C1\C(=O)Nc2ccc(C)cc21.Cc1cc(Br)c(O)c(Br)c1. The number of hydrogen-bond donors (Lipinski definition) is 2. The van der Waals surface area contributed by atoms with Gasteiger partial charge in [-0.3, -0.25) is 4.79 Å². The Kier molecular flexibility index (Phi) is 5.65. The van der Waals surface area contributed by atoms with Crippen molar-refractivity contribution in [2.24, 2.45) is 0 Å². The first-order chi connectivity index (χ1) is 10.8. The van der Waals surface area contributed by atoms with E-state index in [2.05, 4.69) is 37.2 Å². The first-order valence-electron chi connectivity index (χ1n) is 7.06. The van der Waals surface area contributed by atoms with Crippen molar-refractivity contribution in [1.82, 2.24) is 0 Å². The van der Waals surface area contributed by atoms with Crippen LogP contribution in [-0.2, 0) is 4.79 Å². The number of aromatic hydroxyl groups is 1. The lowest BCUT2D eigenvalue weighted by Crippen LogP contribution is -2.03. The van der Waals surface area contributed by atoms with Gasteiger partial charge in [0.05, 0.1) is 8.95 Å². The molecular formula is C18H17Br2NO2. The van der Waals surface area contributed by atoms with E-state index in [9.17, 15) is 9.90 Å². The van der Waals surface area contributed by atoms with Crippen LogP contribution < -0.4 is 5.32 Å². The quantitative estimate of drug-likeness (QED) is 0.527. The highest BCUT2D eigenvalue weighted by atomic mass is 79.9. The van der Waals surface area contributed by atoms with Crippen molar-refractivity contribution in [3.63, 3.8) is 0 Å². The predicted molar refractivity (Wildman–Crippen MR) is 102 cm³/mol. The largest absolute Gasteiger partial charge is 0.506 e. The average molecular weight is 439 g/mol. The summed E-state index contributed by atoms with van der Waals surface area (Å²) in [7, 11) is 0. The summed E-state index contributed by atoms with van der Waals surface area (Å²) in [5.41, 5.74) is 5.00. The summed E-state index contributed by atoms with van der Waals surface area (Å²) in [5.74, 6) is 0.258. The van der Waals surface area contributed by atoms with Crippen LogP contribution in [0.3, 0.4) is 0 Å². The minimum Gasteiger partial charge on any atom is -0.506 e. The smallest absolute Gasteiger partial charge is 0.256 e. The standard InChI is InChI=1S/C11H11NO.C7H6Br2O/c1-3-8-9-6-7(2)4-5-10(9)12-11(8)13;1-4-2-5(8)7(10)6(9)3-4/h3-6H,1-2H3,(H,12,13);2-3,10H,1H3/b8-3-;. The lowest BCUT2D eigenvalue weighted by molar-refractivity contribution is -0.110. The number of carbonyl (C=O) groups excluding carboxylic acids is 1. The molecule has 5 heteroatoms. The van der Waals surface area contributed by atoms with Gasteiger partial charge in [-0.1, -0.05) is 17.7 Å². The molecular weight excluding hydrogens is 422 g/mol. The summed E-state index contributed by atoms with van der Waals surface area (Å²) in [5, 5.41) is 12.1. The molecule has 0 unspecified atom stereocenters. The number of fused-ring (bicyclic) bond motifs is 1. The Morgan fingerprint density at radius 1 is 1.04 bits per heavy atom. The number of hydrogen-bond acceptors (Lipinski definition) is 2. The highest BCUT2D eigenvalue weighted by molar-refractivity contribution is 9.11. The number of aryl methyl sites for hydroxylation is 2. The van der Waals surface area contributed by atoms with E-state index in [1.54, 1.807) is 0 Å². The Hall–Kier alpha value is -1.59. The number of allylic oxidation sites excluding steroid dienone is 1. The maximum Gasteiger partial charge on any atom is 0.256 e. The fraction of sp³-hybridized carbons (Fsp3) is 0.167. The Bertz CT molecular complexity index is 775. The first-order valence-corrected chi connectivity index (χ1v) is 8.65. The van der Waals surface area contributed by atoms with E-state index < -0.39 is 0 Å². The molecule has 0 radical (unpaired) electrons. The van der Waals surface area contributed by atoms with Gasteiger partial charge in [-0.15, -0.1) is 0 Å². The van der Waals surface area contributed by atoms with Gasteiger partial charge in [0.1, 0.15) is 5.75 Å². The van der Waals surface area contributed by atoms with Gasteiger partial charge in [0.25, 0.3) is 5.91 Å². The van der Waals surface area contributed by atoms with Gasteiger partial charge < -0.3 is 10.4 Å². The fourth-order valence-electron chi connectivity index (χ4n) is 2.28. The lowest BCUT2D eigenvalue weighted by atomic mass is 10.0. The first kappa shape index (κ1) is 17.8. The van der Waals surface area contributed by atoms with Crippen LogP contribution in [0, 0.1) is 13.8 Å². The number of rotatable bonds is 0. The third-order valence-corrected chi connectivity index (χ3v) is 4.62. The normalized spacial score (nSPS) is 14.1. The molecule has 120 valence electrons. The fourth-order valence-corrected chi connectivity index (χ4v) is 3.70. The second-order valence-corrected chi connectivity index (χ2v) is 6.99. The summed E-state index contributed by atoms with van der Waals surface area (Å²) >= 11 is 6.43. The van der Waals surface area contributed by atoms with Gasteiger partial charge in [0.2, 0.25) is 0 Å². The zero-order valence-corrected chi connectivity index (χ0v) is 16.2. The molecule has 0 aliphatic carbocycles. The molecule has 0 saturated carbocycles. The number of halogens is 2. The van der Waals surface area contributed by atoms with Crippen LogP contribution in [0.2, 0.25) is 0 Å². The van der Waals surface area contributed by atoms with E-state index in [1.165, 1.54) is 5.56 Å². The molecule has 1 aliphatic rings. The summed E-state index contributed by atoms with van der Waals surface area (Å²) in [6.07, 6.45) is 1.85. The molecule has 1 amide bonds. The van der Waals surface area contributed by atoms with Crippen LogP contribution >= 0.6 is 31.9 Å². The maximum absolute atomic E-state index is 11.4. The number of carbonyl (C=O) groups is 1. The molecule has 0 spiro atoms. The molecule has 3 nitrogen and oxygen atoms in total. The third kappa shape index (κ3) is 4.03. The number of nitrogens with one attached hydrogen (secondary N) is 1. The number of phenols is 1. The highest BCUT2D eigenvalue weighted by Crippen LogP contribution is 2.33. The van der Waals surface area contributed by atoms with Crippen LogP contribution in [0.5, 0.6) is 5.75 Å². The summed E-state index contributed by atoms with van der Waals surface area (Å²) in [6.45, 7) is 5.87. The van der Waals surface area contributed by atoms with Gasteiger partial charge in [0.15, 0.2) is 0 Å². The zero-order chi connectivity index (χ0) is 17.1. The Morgan fingerprint density at radius 3 is 2.22 bits per heavy atom. The summed E-state index contributed by atoms with van der Waals surface area (Å²) in [6, 6.07) is 9.69. The summed E-state index contributed by atoms with van der Waals surface area (Å²) in [4.78, 5) is 11.4. The second kappa shape index (κ2) is 7.32. The molecule has 0 aromatic heterocycles. The van der Waals surface area contributed by atoms with Crippen LogP contribution in [0.25, 0.3) is 5.57 Å². The molecule has 2 N–H and O–H groups in total. The van der Waals surface area contributed by atoms with Crippen LogP contribution in [0.15, 0.2) is 45.4 Å². The van der Waals surface area contributed by atoms with E-state index in [4.69, 9.17) is 0 Å². The van der Waals surface area contributed by atoms with Gasteiger partial charge in [-0.05, 0) is 82.5 Å². The molecule has 23 heavy (non-hydrogen) atoms. The number of anilines is 1. The van der Waals surface area contributed by atoms with Crippen LogP contribution in [0.1, 0.15) is 23.6 Å². The third-order valence-electron chi connectivity index (χ3n) is 3.41. The molecule has 0 saturated heterocycles. The van der Waals surface area contributed by atoms with E-state index in [-0.39, 0.29) is 11.7 Å². The van der Waals surface area contributed by atoms with E-state index in [0.717, 1.165) is 31.3 Å². The van der Waals surface area contributed by atoms with Crippen molar-refractivity contribution in [2.75, 3.05) is 5.32 Å². The molecule has 2 aromatic carbocycles. The van der Waals surface area contributed by atoms with E-state index >= 15 is 0 Å². The minimum absolute atomic E-state index is 0.00287. The maximum atomic E-state index is 11.4. The van der Waals surface area contributed by atoms with Gasteiger partial charge in [-0.2, -0.15) is 0 Å². The Labute approximate surface area is 152 Å². The van der Waals surface area contributed by atoms with Crippen molar-refractivity contribution in [3.8, 4) is 5.75 Å². The molecule has 0 bridgehead atoms. The molecule has 2 aromatic rings. The average Bonchev–Trinajstić information content (AvgIpc) is 2.79.